The van der Waals surface area contributed by atoms with Gasteiger partial charge in [0.05, 0.1) is 0 Å². The predicted molar refractivity (Wildman–Crippen MR) is 66.8 cm³/mol. The molecule has 21 heavy (non-hydrogen) atoms. The minimum Gasteiger partial charge on any atom is -0.480 e. The number of piperidine rings is 1. The highest BCUT2D eigenvalue weighted by Gasteiger charge is 2.35. The van der Waals surface area contributed by atoms with Crippen molar-refractivity contribution < 1.29 is 27.9 Å². The average molecular weight is 304 g/mol. The van der Waals surface area contributed by atoms with Crippen molar-refractivity contribution in [1.82, 2.24) is 9.47 Å². The number of halogens is 3. The number of aromatic nitrogens is 1. The Morgan fingerprint density at radius 3 is 2.67 bits per heavy atom. The molecule has 0 spiro atoms. The summed E-state index contributed by atoms with van der Waals surface area (Å²) in [6.45, 7) is -1.03. The van der Waals surface area contributed by atoms with Gasteiger partial charge in [0.25, 0.3) is 5.91 Å². The van der Waals surface area contributed by atoms with Gasteiger partial charge in [-0.2, -0.15) is 13.2 Å². The van der Waals surface area contributed by atoms with E-state index in [9.17, 15) is 22.8 Å². The summed E-state index contributed by atoms with van der Waals surface area (Å²) in [6, 6.07) is 1.65. The number of carbonyl (C=O) groups excluding carboxylic acids is 1. The number of likely N-dealkylation sites (tertiary alicyclic amines) is 1. The third-order valence-corrected chi connectivity index (χ3v) is 3.45. The molecule has 1 amide bonds. The zero-order valence-electron chi connectivity index (χ0n) is 11.1. The van der Waals surface area contributed by atoms with Crippen molar-refractivity contribution in [3.05, 3.63) is 24.0 Å². The number of carboxylic acid groups (broad SMARTS) is 1. The zero-order valence-corrected chi connectivity index (χ0v) is 11.1. The largest absolute Gasteiger partial charge is 0.480 e. The van der Waals surface area contributed by atoms with Gasteiger partial charge in [-0.05, 0) is 31.4 Å². The van der Waals surface area contributed by atoms with Gasteiger partial charge in [-0.25, -0.2) is 4.79 Å². The van der Waals surface area contributed by atoms with Gasteiger partial charge in [-0.15, -0.1) is 0 Å². The molecule has 5 nitrogen and oxygen atoms in total. The number of carboxylic acids is 1. The molecule has 2 heterocycles. The lowest BCUT2D eigenvalue weighted by Crippen LogP contribution is -2.48. The van der Waals surface area contributed by atoms with Gasteiger partial charge >= 0.3 is 12.1 Å². The van der Waals surface area contributed by atoms with Gasteiger partial charge in [0.1, 0.15) is 18.3 Å². The summed E-state index contributed by atoms with van der Waals surface area (Å²) in [6.07, 6.45) is -1.62. The first-order valence-corrected chi connectivity index (χ1v) is 6.55. The lowest BCUT2D eigenvalue weighted by atomic mass is 10.0. The average Bonchev–Trinajstić information content (AvgIpc) is 2.83. The van der Waals surface area contributed by atoms with E-state index >= 15 is 0 Å². The van der Waals surface area contributed by atoms with Crippen LogP contribution in [-0.2, 0) is 11.3 Å². The van der Waals surface area contributed by atoms with Crippen LogP contribution in [0.1, 0.15) is 29.8 Å². The van der Waals surface area contributed by atoms with E-state index in [2.05, 4.69) is 0 Å². The molecule has 0 saturated carbocycles. The SMILES string of the molecule is O=C(O)[C@H]1CCCCN1C(=O)c1cccn1CC(F)(F)F. The van der Waals surface area contributed by atoms with Crippen LogP contribution in [0.3, 0.4) is 0 Å². The van der Waals surface area contributed by atoms with E-state index in [1.54, 1.807) is 0 Å². The standard InChI is InChI=1S/C13H15F3N2O3/c14-13(15,16)8-17-6-3-5-9(17)11(19)18-7-2-1-4-10(18)12(20)21/h3,5-6,10H,1-2,4,7-8H2,(H,20,21)/t10-/m1/s1. The molecule has 1 saturated heterocycles. The van der Waals surface area contributed by atoms with E-state index in [1.165, 1.54) is 18.3 Å². The molecule has 0 aliphatic carbocycles. The summed E-state index contributed by atoms with van der Waals surface area (Å²) >= 11 is 0. The summed E-state index contributed by atoms with van der Waals surface area (Å²) in [4.78, 5) is 24.7. The van der Waals surface area contributed by atoms with Gasteiger partial charge in [0.2, 0.25) is 0 Å². The van der Waals surface area contributed by atoms with Gasteiger partial charge in [0, 0.05) is 12.7 Å². The third kappa shape index (κ3) is 3.56. The second kappa shape index (κ2) is 5.79. The van der Waals surface area contributed by atoms with Crippen LogP contribution in [0, 0.1) is 0 Å². The fourth-order valence-electron chi connectivity index (χ4n) is 2.52. The molecular formula is C13H15F3N2O3. The number of nitrogens with zero attached hydrogens (tertiary/aromatic N) is 2. The van der Waals surface area contributed by atoms with Gasteiger partial charge in [0.15, 0.2) is 0 Å². The maximum absolute atomic E-state index is 12.5. The Balaban J connectivity index is 2.23. The highest BCUT2D eigenvalue weighted by Crippen LogP contribution is 2.23. The first kappa shape index (κ1) is 15.4. The molecule has 8 heteroatoms. The minimum absolute atomic E-state index is 0.138. The Morgan fingerprint density at radius 1 is 1.33 bits per heavy atom. The quantitative estimate of drug-likeness (QED) is 0.930. The molecule has 1 aliphatic heterocycles. The summed E-state index contributed by atoms with van der Waals surface area (Å²) in [5, 5.41) is 9.13. The molecule has 116 valence electrons. The van der Waals surface area contributed by atoms with Crippen molar-refractivity contribution in [2.24, 2.45) is 0 Å². The third-order valence-electron chi connectivity index (χ3n) is 3.45. The molecule has 1 atom stereocenters. The van der Waals surface area contributed by atoms with Crippen molar-refractivity contribution in [3.63, 3.8) is 0 Å². The fraction of sp³-hybridized carbons (Fsp3) is 0.538. The van der Waals surface area contributed by atoms with E-state index in [-0.39, 0.29) is 12.2 Å². The minimum atomic E-state index is -4.44. The van der Waals surface area contributed by atoms with Crippen molar-refractivity contribution >= 4 is 11.9 Å². The molecule has 1 fully saturated rings. The van der Waals surface area contributed by atoms with Crippen LogP contribution < -0.4 is 0 Å². The number of carbonyl (C=O) groups is 2. The number of hydrogen-bond acceptors (Lipinski definition) is 2. The highest BCUT2D eigenvalue weighted by atomic mass is 19.4. The normalized spacial score (nSPS) is 19.6. The Hall–Kier alpha value is -1.99. The number of hydrogen-bond donors (Lipinski definition) is 1. The Bertz CT molecular complexity index is 539. The molecule has 0 unspecified atom stereocenters. The van der Waals surface area contributed by atoms with Crippen molar-refractivity contribution in [2.45, 2.75) is 38.0 Å². The van der Waals surface area contributed by atoms with Crippen LogP contribution in [0.15, 0.2) is 18.3 Å². The second-order valence-electron chi connectivity index (χ2n) is 4.98. The molecule has 0 radical (unpaired) electrons. The van der Waals surface area contributed by atoms with Crippen LogP contribution in [0.2, 0.25) is 0 Å². The molecule has 2 rings (SSSR count). The maximum Gasteiger partial charge on any atom is 0.406 e. The summed E-state index contributed by atoms with van der Waals surface area (Å²) in [5.41, 5.74) is -0.138. The second-order valence-corrected chi connectivity index (χ2v) is 4.98. The smallest absolute Gasteiger partial charge is 0.406 e. The monoisotopic (exact) mass is 304 g/mol. The Kier molecular flexibility index (Phi) is 4.24. The molecule has 0 bridgehead atoms. The molecule has 1 aromatic heterocycles. The lowest BCUT2D eigenvalue weighted by molar-refractivity contribution is -0.144. The van der Waals surface area contributed by atoms with E-state index in [0.717, 1.165) is 9.47 Å². The molecule has 1 aromatic rings. The molecule has 1 aliphatic rings. The van der Waals surface area contributed by atoms with Gasteiger partial charge in [-0.3, -0.25) is 4.79 Å². The topological polar surface area (TPSA) is 62.5 Å². The van der Waals surface area contributed by atoms with Crippen molar-refractivity contribution in [1.29, 1.82) is 0 Å². The highest BCUT2D eigenvalue weighted by molar-refractivity contribution is 5.95. The molecular weight excluding hydrogens is 289 g/mol. The number of amides is 1. The van der Waals surface area contributed by atoms with E-state index in [0.29, 0.717) is 19.3 Å². The van der Waals surface area contributed by atoms with E-state index < -0.39 is 30.6 Å². The zero-order chi connectivity index (χ0) is 15.6. The lowest BCUT2D eigenvalue weighted by Gasteiger charge is -2.33. The number of aliphatic carboxylic acids is 1. The summed E-state index contributed by atoms with van der Waals surface area (Å²) < 4.78 is 38.2. The molecule has 1 N–H and O–H groups in total. The summed E-state index contributed by atoms with van der Waals surface area (Å²) in [7, 11) is 0. The number of rotatable bonds is 3. The Morgan fingerprint density at radius 2 is 2.05 bits per heavy atom. The van der Waals surface area contributed by atoms with Crippen molar-refractivity contribution in [3.8, 4) is 0 Å². The van der Waals surface area contributed by atoms with Crippen LogP contribution in [0.5, 0.6) is 0 Å². The van der Waals surface area contributed by atoms with Crippen LogP contribution in [0.25, 0.3) is 0 Å². The van der Waals surface area contributed by atoms with Crippen molar-refractivity contribution in [2.75, 3.05) is 6.54 Å². The first-order valence-electron chi connectivity index (χ1n) is 6.55. The molecule has 0 aromatic carbocycles. The number of alkyl halides is 3. The predicted octanol–water partition coefficient (Wildman–Crippen LogP) is 2.13. The van der Waals surface area contributed by atoms with E-state index in [1.807, 2.05) is 0 Å². The fourth-order valence-corrected chi connectivity index (χ4v) is 2.52. The van der Waals surface area contributed by atoms with Crippen LogP contribution >= 0.6 is 0 Å². The van der Waals surface area contributed by atoms with Gasteiger partial charge in [-0.1, -0.05) is 0 Å². The van der Waals surface area contributed by atoms with Crippen LogP contribution in [0.4, 0.5) is 13.2 Å². The van der Waals surface area contributed by atoms with Crippen LogP contribution in [-0.4, -0.2) is 45.2 Å². The first-order chi connectivity index (χ1) is 9.79. The maximum atomic E-state index is 12.5. The summed E-state index contributed by atoms with van der Waals surface area (Å²) in [5.74, 6) is -1.80. The Labute approximate surface area is 119 Å². The van der Waals surface area contributed by atoms with Gasteiger partial charge < -0.3 is 14.6 Å². The van der Waals surface area contributed by atoms with E-state index in [4.69, 9.17) is 5.11 Å².